The highest BCUT2D eigenvalue weighted by molar-refractivity contribution is 7.91. The number of hydrogen-bond donors (Lipinski definition) is 4. The molecule has 0 bridgehead atoms. The number of aryl methyl sites for hydroxylation is 1. The highest BCUT2D eigenvalue weighted by atomic mass is 32.2. The van der Waals surface area contributed by atoms with Crippen molar-refractivity contribution in [3.8, 4) is 0 Å². The van der Waals surface area contributed by atoms with E-state index in [-0.39, 0.29) is 17.9 Å². The molecule has 2 aliphatic heterocycles. The van der Waals surface area contributed by atoms with Crippen LogP contribution in [0.2, 0.25) is 0 Å². The molecule has 1 aromatic rings. The molecule has 1 aromatic carbocycles. The molecule has 4 N–H and O–H groups in total. The summed E-state index contributed by atoms with van der Waals surface area (Å²) in [6.07, 6.45) is 4.56. The van der Waals surface area contributed by atoms with Crippen molar-refractivity contribution < 1.29 is 42.2 Å². The molecule has 1 saturated heterocycles. The number of unbranched alkanes of at least 4 members (excludes halogenated alkanes) is 1. The van der Waals surface area contributed by atoms with Crippen molar-refractivity contribution in [1.82, 2.24) is 25.2 Å². The molecule has 0 radical (unpaired) electrons. The van der Waals surface area contributed by atoms with Gasteiger partial charge in [0.2, 0.25) is 21.8 Å². The Labute approximate surface area is 313 Å². The van der Waals surface area contributed by atoms with E-state index in [1.807, 2.05) is 53.7 Å². The molecule has 4 atom stereocenters. The van der Waals surface area contributed by atoms with Crippen molar-refractivity contribution in [2.75, 3.05) is 13.2 Å². The van der Waals surface area contributed by atoms with Crippen molar-refractivity contribution in [1.29, 1.82) is 0 Å². The molecule has 3 fully saturated rings. The zero-order valence-corrected chi connectivity index (χ0v) is 32.8. The first kappa shape index (κ1) is 40.3. The lowest BCUT2D eigenvalue weighted by atomic mass is 9.85. The van der Waals surface area contributed by atoms with Crippen LogP contribution in [0, 0.1) is 16.7 Å². The molecule has 0 aromatic heterocycles. The van der Waals surface area contributed by atoms with E-state index in [4.69, 9.17) is 4.74 Å². The van der Waals surface area contributed by atoms with E-state index < -0.39 is 68.2 Å². The fourth-order valence-electron chi connectivity index (χ4n) is 7.69. The van der Waals surface area contributed by atoms with Gasteiger partial charge in [-0.3, -0.25) is 24.0 Å². The van der Waals surface area contributed by atoms with Crippen LogP contribution in [0.1, 0.15) is 116 Å². The number of benzene rings is 1. The molecule has 0 spiro atoms. The Morgan fingerprint density at radius 1 is 1.04 bits per heavy atom. The van der Waals surface area contributed by atoms with Gasteiger partial charge in [0.1, 0.15) is 17.6 Å². The van der Waals surface area contributed by atoms with Gasteiger partial charge in [0, 0.05) is 19.6 Å². The van der Waals surface area contributed by atoms with Gasteiger partial charge in [-0.15, -0.1) is 0 Å². The van der Waals surface area contributed by atoms with E-state index in [0.29, 0.717) is 58.2 Å². The molecular weight excluding hydrogens is 703 g/mol. The molecule has 4 aliphatic rings. The number of carbonyl (C=O) groups is 5. The number of ether oxygens (including phenoxy) is 1. The maximum atomic E-state index is 14.0. The third-order valence-electron chi connectivity index (χ3n) is 11.3. The number of carboxylic acid groups (broad SMARTS) is 1. The Hall–Kier alpha value is -3.88. The van der Waals surface area contributed by atoms with Gasteiger partial charge in [0.15, 0.2) is 0 Å². The molecule has 5 rings (SSSR count). The predicted molar refractivity (Wildman–Crippen MR) is 197 cm³/mol. The first-order chi connectivity index (χ1) is 24.8. The molecule has 5 amide bonds. The lowest BCUT2D eigenvalue weighted by Crippen LogP contribution is -2.60. The number of alkyl carbamates (subject to hydrolysis) is 1. The quantitative estimate of drug-likeness (QED) is 0.187. The van der Waals surface area contributed by atoms with Crippen molar-refractivity contribution in [3.05, 3.63) is 34.9 Å². The van der Waals surface area contributed by atoms with Crippen LogP contribution < -0.4 is 15.4 Å². The van der Waals surface area contributed by atoms with E-state index in [9.17, 15) is 37.5 Å². The summed E-state index contributed by atoms with van der Waals surface area (Å²) in [7, 11) is -3.80. The standard InChI is InChI=1S/C38H57N5O9S/c1-7-26-20-38(26,33(46)41-53(50,51)27-16-17-27)40-31(44)29-15-11-19-43(29)32(45)30(36(2,3)4)39-34(47)52-23-37(5,6)18-9-8-12-24-13-10-14-25-21-42(35(48)49)22-28(24)25/h10,13-14,26-27,29-30H,7-9,11-12,15-23H2,1-6H3,(H,39,47)(H,40,44)(H,41,46)(H,48,49)/t26?,29-,30+,38+/m0/s1. The van der Waals surface area contributed by atoms with Crippen LogP contribution in [0.5, 0.6) is 0 Å². The Kier molecular flexibility index (Phi) is 11.8. The first-order valence-electron chi connectivity index (χ1n) is 19.0. The van der Waals surface area contributed by atoms with E-state index >= 15 is 0 Å². The number of amides is 5. The minimum absolute atomic E-state index is 0.131. The number of rotatable bonds is 15. The second-order valence-electron chi connectivity index (χ2n) is 17.2. The Morgan fingerprint density at radius 3 is 2.38 bits per heavy atom. The minimum Gasteiger partial charge on any atom is -0.465 e. The average Bonchev–Trinajstić information content (AvgIpc) is 3.96. The van der Waals surface area contributed by atoms with Crippen LogP contribution >= 0.6 is 0 Å². The van der Waals surface area contributed by atoms with Gasteiger partial charge in [-0.1, -0.05) is 72.6 Å². The van der Waals surface area contributed by atoms with Crippen LogP contribution in [-0.2, 0) is 48.7 Å². The largest absolute Gasteiger partial charge is 0.465 e. The zero-order valence-electron chi connectivity index (χ0n) is 32.0. The third-order valence-corrected chi connectivity index (χ3v) is 13.1. The lowest BCUT2D eigenvalue weighted by molar-refractivity contribution is -0.142. The van der Waals surface area contributed by atoms with Crippen molar-refractivity contribution >= 4 is 39.9 Å². The van der Waals surface area contributed by atoms with Crippen molar-refractivity contribution in [2.24, 2.45) is 16.7 Å². The molecule has 2 aliphatic carbocycles. The zero-order chi connectivity index (χ0) is 38.9. The van der Waals surface area contributed by atoms with Crippen LogP contribution in [0.15, 0.2) is 18.2 Å². The lowest BCUT2D eigenvalue weighted by Gasteiger charge is -2.35. The maximum Gasteiger partial charge on any atom is 0.407 e. The molecule has 15 heteroatoms. The average molecular weight is 760 g/mol. The summed E-state index contributed by atoms with van der Waals surface area (Å²) in [5.74, 6) is -1.89. The fourth-order valence-corrected chi connectivity index (χ4v) is 9.05. The van der Waals surface area contributed by atoms with Gasteiger partial charge in [-0.25, -0.2) is 18.0 Å². The van der Waals surface area contributed by atoms with Gasteiger partial charge >= 0.3 is 12.2 Å². The number of hydrogen-bond acceptors (Lipinski definition) is 8. The van der Waals surface area contributed by atoms with E-state index in [1.54, 1.807) is 0 Å². The Bertz CT molecular complexity index is 1700. The van der Waals surface area contributed by atoms with Crippen LogP contribution in [0.4, 0.5) is 9.59 Å². The summed E-state index contributed by atoms with van der Waals surface area (Å²) < 4.78 is 32.9. The number of nitrogens with zero attached hydrogens (tertiary/aromatic N) is 2. The van der Waals surface area contributed by atoms with Crippen LogP contribution in [-0.4, -0.2) is 89.3 Å². The van der Waals surface area contributed by atoms with Crippen LogP contribution in [0.25, 0.3) is 0 Å². The molecule has 1 unspecified atom stereocenters. The van der Waals surface area contributed by atoms with E-state index in [2.05, 4.69) is 21.4 Å². The minimum atomic E-state index is -3.80. The first-order valence-corrected chi connectivity index (χ1v) is 20.5. The monoisotopic (exact) mass is 759 g/mol. The molecular formula is C38H57N5O9S. The smallest absolute Gasteiger partial charge is 0.407 e. The summed E-state index contributed by atoms with van der Waals surface area (Å²) >= 11 is 0. The molecule has 294 valence electrons. The molecule has 53 heavy (non-hydrogen) atoms. The van der Waals surface area contributed by atoms with Gasteiger partial charge in [0.05, 0.1) is 11.9 Å². The molecule has 2 heterocycles. The Balaban J connectivity index is 1.12. The van der Waals surface area contributed by atoms with Gasteiger partial charge in [0.25, 0.3) is 5.91 Å². The molecule has 14 nitrogen and oxygen atoms in total. The van der Waals surface area contributed by atoms with Gasteiger partial charge in [-0.05, 0) is 84.8 Å². The highest BCUT2D eigenvalue weighted by Crippen LogP contribution is 2.47. The number of fused-ring (bicyclic) bond motifs is 1. The number of likely N-dealkylation sites (tertiary alicyclic amines) is 1. The van der Waals surface area contributed by atoms with Crippen molar-refractivity contribution in [2.45, 2.75) is 142 Å². The van der Waals surface area contributed by atoms with Crippen molar-refractivity contribution in [3.63, 3.8) is 0 Å². The van der Waals surface area contributed by atoms with E-state index in [1.165, 1.54) is 9.80 Å². The fraction of sp³-hybridized carbons (Fsp3) is 0.711. The van der Waals surface area contributed by atoms with E-state index in [0.717, 1.165) is 42.4 Å². The van der Waals surface area contributed by atoms with Gasteiger partial charge < -0.3 is 25.4 Å². The summed E-state index contributed by atoms with van der Waals surface area (Å²) in [4.78, 5) is 68.5. The Morgan fingerprint density at radius 2 is 1.75 bits per heavy atom. The number of sulfonamides is 1. The number of carbonyl (C=O) groups excluding carboxylic acids is 4. The summed E-state index contributed by atoms with van der Waals surface area (Å²) in [6.45, 7) is 12.6. The summed E-state index contributed by atoms with van der Waals surface area (Å²) in [6, 6.07) is 4.14. The third kappa shape index (κ3) is 9.44. The highest BCUT2D eigenvalue weighted by Gasteiger charge is 2.62. The summed E-state index contributed by atoms with van der Waals surface area (Å²) in [5, 5.41) is 14.4. The topological polar surface area (TPSA) is 192 Å². The molecule has 2 saturated carbocycles. The van der Waals surface area contributed by atoms with Gasteiger partial charge in [-0.2, -0.15) is 0 Å². The second-order valence-corrected chi connectivity index (χ2v) is 19.2. The summed E-state index contributed by atoms with van der Waals surface area (Å²) in [5.41, 5.74) is 0.913. The predicted octanol–water partition coefficient (Wildman–Crippen LogP) is 4.44. The normalized spacial score (nSPS) is 23.2. The second kappa shape index (κ2) is 15.5. The van der Waals surface area contributed by atoms with Crippen LogP contribution in [0.3, 0.4) is 0 Å². The number of nitrogens with one attached hydrogen (secondary N) is 3. The maximum absolute atomic E-state index is 14.0. The SMILES string of the molecule is CCC1C[C@]1(NC(=O)[C@@H]1CCCN1C(=O)[C@@H](NC(=O)OCC(C)(C)CCCCc1cccc2c1CN(C(=O)O)C2)C(C)(C)C)C(=O)NS(=O)(=O)C1CC1.